The number of carbonyl (C=O) groups is 1. The zero-order chi connectivity index (χ0) is 16.2. The Morgan fingerprint density at radius 2 is 2.09 bits per heavy atom. The normalized spacial score (nSPS) is 19.8. The summed E-state index contributed by atoms with van der Waals surface area (Å²) in [6.45, 7) is 5.13. The van der Waals surface area contributed by atoms with Gasteiger partial charge in [0.1, 0.15) is 0 Å². The van der Waals surface area contributed by atoms with Crippen molar-refractivity contribution >= 4 is 16.7 Å². The third-order valence-electron chi connectivity index (χ3n) is 4.72. The maximum absolute atomic E-state index is 12.3. The monoisotopic (exact) mass is 311 g/mol. The summed E-state index contributed by atoms with van der Waals surface area (Å²) in [5.41, 5.74) is 6.84. The molecule has 122 valence electrons. The van der Waals surface area contributed by atoms with E-state index in [1.807, 2.05) is 19.1 Å². The number of hydrogen-bond acceptors (Lipinski definition) is 3. The molecule has 2 aromatic rings. The highest BCUT2D eigenvalue weighted by atomic mass is 16.2. The standard InChI is InChI=1S/C19H25N3O/c1-14(17-7-6-16-4-2-3-5-18(16)10-17)21-19(23)13-22-9-8-15(11-20)12-22/h2-7,10,14-15H,8-9,11-13,20H2,1H3,(H,21,23). The molecule has 3 N–H and O–H groups in total. The zero-order valence-corrected chi connectivity index (χ0v) is 13.7. The molecular weight excluding hydrogens is 286 g/mol. The molecular formula is C19H25N3O. The summed E-state index contributed by atoms with van der Waals surface area (Å²) in [6.07, 6.45) is 1.10. The number of amides is 1. The molecule has 2 aromatic carbocycles. The lowest BCUT2D eigenvalue weighted by Gasteiger charge is -2.19. The summed E-state index contributed by atoms with van der Waals surface area (Å²) >= 11 is 0. The molecule has 2 unspecified atom stereocenters. The summed E-state index contributed by atoms with van der Waals surface area (Å²) in [5, 5.41) is 5.54. The van der Waals surface area contributed by atoms with Crippen LogP contribution in [0.2, 0.25) is 0 Å². The van der Waals surface area contributed by atoms with Gasteiger partial charge in [-0.15, -0.1) is 0 Å². The minimum Gasteiger partial charge on any atom is -0.348 e. The predicted molar refractivity (Wildman–Crippen MR) is 94.1 cm³/mol. The molecule has 1 aliphatic rings. The molecule has 1 amide bonds. The zero-order valence-electron chi connectivity index (χ0n) is 13.7. The lowest BCUT2D eigenvalue weighted by Crippen LogP contribution is -2.37. The van der Waals surface area contributed by atoms with Crippen LogP contribution in [-0.4, -0.2) is 37.0 Å². The number of likely N-dealkylation sites (tertiary alicyclic amines) is 1. The minimum absolute atomic E-state index is 0.0139. The van der Waals surface area contributed by atoms with Crippen molar-refractivity contribution in [2.75, 3.05) is 26.2 Å². The summed E-state index contributed by atoms with van der Waals surface area (Å²) < 4.78 is 0. The van der Waals surface area contributed by atoms with Crippen molar-refractivity contribution < 1.29 is 4.79 Å². The summed E-state index contributed by atoms with van der Waals surface area (Å²) in [4.78, 5) is 14.5. The second kappa shape index (κ2) is 7.11. The van der Waals surface area contributed by atoms with Crippen LogP contribution >= 0.6 is 0 Å². The molecule has 1 aliphatic heterocycles. The number of benzene rings is 2. The van der Waals surface area contributed by atoms with Gasteiger partial charge in [0, 0.05) is 6.54 Å². The van der Waals surface area contributed by atoms with Gasteiger partial charge in [0.25, 0.3) is 0 Å². The van der Waals surface area contributed by atoms with E-state index in [-0.39, 0.29) is 11.9 Å². The average Bonchev–Trinajstić information content (AvgIpc) is 3.01. The van der Waals surface area contributed by atoms with E-state index in [0.29, 0.717) is 19.0 Å². The highest BCUT2D eigenvalue weighted by Gasteiger charge is 2.23. The van der Waals surface area contributed by atoms with Crippen molar-refractivity contribution in [3.63, 3.8) is 0 Å². The lowest BCUT2D eigenvalue weighted by molar-refractivity contribution is -0.122. The van der Waals surface area contributed by atoms with Crippen LogP contribution in [0.3, 0.4) is 0 Å². The van der Waals surface area contributed by atoms with Gasteiger partial charge in [0.15, 0.2) is 0 Å². The van der Waals surface area contributed by atoms with E-state index in [2.05, 4.69) is 40.5 Å². The van der Waals surface area contributed by atoms with Crippen LogP contribution in [0.25, 0.3) is 10.8 Å². The lowest BCUT2D eigenvalue weighted by atomic mass is 10.0. The van der Waals surface area contributed by atoms with E-state index in [1.165, 1.54) is 10.8 Å². The largest absolute Gasteiger partial charge is 0.348 e. The van der Waals surface area contributed by atoms with E-state index in [9.17, 15) is 4.79 Å². The fraction of sp³-hybridized carbons (Fsp3) is 0.421. The van der Waals surface area contributed by atoms with Crippen molar-refractivity contribution in [1.29, 1.82) is 0 Å². The van der Waals surface area contributed by atoms with Gasteiger partial charge in [0.05, 0.1) is 12.6 Å². The first-order valence-corrected chi connectivity index (χ1v) is 8.36. The SMILES string of the molecule is CC(NC(=O)CN1CCC(CN)C1)c1ccc2ccccc2c1. The molecule has 0 saturated carbocycles. The Balaban J connectivity index is 1.59. The van der Waals surface area contributed by atoms with Crippen molar-refractivity contribution in [1.82, 2.24) is 10.2 Å². The van der Waals surface area contributed by atoms with E-state index in [4.69, 9.17) is 5.73 Å². The second-order valence-electron chi connectivity index (χ2n) is 6.52. The van der Waals surface area contributed by atoms with Gasteiger partial charge in [-0.25, -0.2) is 0 Å². The van der Waals surface area contributed by atoms with Crippen LogP contribution in [0.4, 0.5) is 0 Å². The minimum atomic E-state index is 0.0139. The summed E-state index contributed by atoms with van der Waals surface area (Å²) in [7, 11) is 0. The van der Waals surface area contributed by atoms with Gasteiger partial charge in [0.2, 0.25) is 5.91 Å². The Morgan fingerprint density at radius 1 is 1.30 bits per heavy atom. The van der Waals surface area contributed by atoms with E-state index < -0.39 is 0 Å². The molecule has 3 rings (SSSR count). The number of nitrogens with one attached hydrogen (secondary N) is 1. The van der Waals surface area contributed by atoms with E-state index in [0.717, 1.165) is 25.1 Å². The van der Waals surface area contributed by atoms with Crippen molar-refractivity contribution in [3.8, 4) is 0 Å². The Bertz CT molecular complexity index is 685. The molecule has 23 heavy (non-hydrogen) atoms. The first kappa shape index (κ1) is 16.0. The Kier molecular flexibility index (Phi) is 4.94. The average molecular weight is 311 g/mol. The first-order chi connectivity index (χ1) is 11.2. The van der Waals surface area contributed by atoms with Gasteiger partial charge in [-0.1, -0.05) is 36.4 Å². The van der Waals surface area contributed by atoms with Crippen molar-refractivity contribution in [3.05, 3.63) is 48.0 Å². The van der Waals surface area contributed by atoms with Crippen molar-refractivity contribution in [2.24, 2.45) is 11.7 Å². The Morgan fingerprint density at radius 3 is 2.83 bits per heavy atom. The molecule has 1 saturated heterocycles. The molecule has 4 heteroatoms. The summed E-state index contributed by atoms with van der Waals surface area (Å²) in [5.74, 6) is 0.629. The van der Waals surface area contributed by atoms with Crippen LogP contribution < -0.4 is 11.1 Å². The van der Waals surface area contributed by atoms with Crippen LogP contribution in [0.1, 0.15) is 24.9 Å². The Labute approximate surface area is 137 Å². The fourth-order valence-electron chi connectivity index (χ4n) is 3.30. The molecule has 0 bridgehead atoms. The quantitative estimate of drug-likeness (QED) is 0.891. The number of fused-ring (bicyclic) bond motifs is 1. The predicted octanol–water partition coefficient (Wildman–Crippen LogP) is 2.30. The number of hydrogen-bond donors (Lipinski definition) is 2. The first-order valence-electron chi connectivity index (χ1n) is 8.36. The molecule has 4 nitrogen and oxygen atoms in total. The smallest absolute Gasteiger partial charge is 0.234 e. The van der Waals surface area contributed by atoms with Crippen LogP contribution in [0.5, 0.6) is 0 Å². The molecule has 1 fully saturated rings. The maximum atomic E-state index is 12.3. The van der Waals surface area contributed by atoms with Gasteiger partial charge >= 0.3 is 0 Å². The summed E-state index contributed by atoms with van der Waals surface area (Å²) in [6, 6.07) is 14.6. The molecule has 1 heterocycles. The highest BCUT2D eigenvalue weighted by Crippen LogP contribution is 2.20. The molecule has 0 radical (unpaired) electrons. The van der Waals surface area contributed by atoms with E-state index in [1.54, 1.807) is 0 Å². The van der Waals surface area contributed by atoms with E-state index >= 15 is 0 Å². The molecule has 0 spiro atoms. The van der Waals surface area contributed by atoms with Crippen LogP contribution in [-0.2, 0) is 4.79 Å². The number of nitrogens with two attached hydrogens (primary N) is 1. The van der Waals surface area contributed by atoms with Gasteiger partial charge < -0.3 is 11.1 Å². The van der Waals surface area contributed by atoms with Crippen LogP contribution in [0, 0.1) is 5.92 Å². The maximum Gasteiger partial charge on any atom is 0.234 e. The number of nitrogens with zero attached hydrogens (tertiary/aromatic N) is 1. The van der Waals surface area contributed by atoms with Crippen LogP contribution in [0.15, 0.2) is 42.5 Å². The van der Waals surface area contributed by atoms with Gasteiger partial charge in [-0.2, -0.15) is 0 Å². The molecule has 0 aromatic heterocycles. The fourth-order valence-corrected chi connectivity index (χ4v) is 3.30. The number of rotatable bonds is 5. The topological polar surface area (TPSA) is 58.4 Å². The van der Waals surface area contributed by atoms with Gasteiger partial charge in [-0.05, 0) is 54.8 Å². The third-order valence-corrected chi connectivity index (χ3v) is 4.72. The third kappa shape index (κ3) is 3.89. The van der Waals surface area contributed by atoms with Crippen molar-refractivity contribution in [2.45, 2.75) is 19.4 Å². The number of carbonyl (C=O) groups excluding carboxylic acids is 1. The highest BCUT2D eigenvalue weighted by molar-refractivity contribution is 5.83. The van der Waals surface area contributed by atoms with Gasteiger partial charge in [-0.3, -0.25) is 9.69 Å². The molecule has 0 aliphatic carbocycles. The second-order valence-corrected chi connectivity index (χ2v) is 6.52. The molecule has 2 atom stereocenters. The Hall–Kier alpha value is -1.91.